The molecular weight excluding hydrogens is 241 g/mol. The fourth-order valence-electron chi connectivity index (χ4n) is 2.93. The van der Waals surface area contributed by atoms with Crippen LogP contribution in [0.1, 0.15) is 44.3 Å². The van der Waals surface area contributed by atoms with Crippen molar-refractivity contribution in [2.45, 2.75) is 38.7 Å². The van der Waals surface area contributed by atoms with Crippen LogP contribution in [-0.4, -0.2) is 18.2 Å². The van der Waals surface area contributed by atoms with Crippen LogP contribution < -0.4 is 5.32 Å². The van der Waals surface area contributed by atoms with Gasteiger partial charge in [-0.2, -0.15) is 0 Å². The fraction of sp³-hybridized carbons (Fsp3) is 0.625. The standard InChI is InChI=1S/C16H24FNO/c1-12-5-2-3-6-14(12)10-18-11-16(19)13-7-4-8-15(17)9-13/h4,7-9,12,14,16,18-19H,2-3,5-6,10-11H2,1H3. The first-order valence-electron chi connectivity index (χ1n) is 7.31. The lowest BCUT2D eigenvalue weighted by atomic mass is 9.80. The number of hydrogen-bond acceptors (Lipinski definition) is 2. The Morgan fingerprint density at radius 2 is 2.16 bits per heavy atom. The zero-order valence-corrected chi connectivity index (χ0v) is 11.6. The topological polar surface area (TPSA) is 32.3 Å². The van der Waals surface area contributed by atoms with Gasteiger partial charge in [-0.15, -0.1) is 0 Å². The van der Waals surface area contributed by atoms with Gasteiger partial charge in [0, 0.05) is 6.54 Å². The summed E-state index contributed by atoms with van der Waals surface area (Å²) < 4.78 is 13.1. The molecule has 1 saturated carbocycles. The van der Waals surface area contributed by atoms with Crippen LogP contribution in [0, 0.1) is 17.7 Å². The maximum Gasteiger partial charge on any atom is 0.123 e. The molecule has 0 amide bonds. The van der Waals surface area contributed by atoms with Crippen LogP contribution in [0.3, 0.4) is 0 Å². The summed E-state index contributed by atoms with van der Waals surface area (Å²) in [5.74, 6) is 1.19. The Morgan fingerprint density at radius 3 is 2.89 bits per heavy atom. The van der Waals surface area contributed by atoms with E-state index in [-0.39, 0.29) is 5.82 Å². The lowest BCUT2D eigenvalue weighted by Crippen LogP contribution is -2.31. The van der Waals surface area contributed by atoms with Crippen molar-refractivity contribution in [1.29, 1.82) is 0 Å². The minimum atomic E-state index is -0.630. The highest BCUT2D eigenvalue weighted by Crippen LogP contribution is 2.28. The monoisotopic (exact) mass is 265 g/mol. The van der Waals surface area contributed by atoms with Gasteiger partial charge in [0.2, 0.25) is 0 Å². The van der Waals surface area contributed by atoms with E-state index >= 15 is 0 Å². The molecule has 106 valence electrons. The molecule has 19 heavy (non-hydrogen) atoms. The number of benzene rings is 1. The molecule has 0 radical (unpaired) electrons. The van der Waals surface area contributed by atoms with E-state index in [4.69, 9.17) is 0 Å². The molecule has 3 atom stereocenters. The Morgan fingerprint density at radius 1 is 1.37 bits per heavy atom. The van der Waals surface area contributed by atoms with Crippen LogP contribution in [-0.2, 0) is 0 Å². The van der Waals surface area contributed by atoms with Crippen LogP contribution in [0.5, 0.6) is 0 Å². The number of halogens is 1. The van der Waals surface area contributed by atoms with E-state index in [0.717, 1.165) is 12.5 Å². The van der Waals surface area contributed by atoms with Crippen molar-refractivity contribution in [3.63, 3.8) is 0 Å². The largest absolute Gasteiger partial charge is 0.387 e. The van der Waals surface area contributed by atoms with E-state index in [1.165, 1.54) is 37.8 Å². The molecule has 1 fully saturated rings. The minimum absolute atomic E-state index is 0.294. The first-order chi connectivity index (χ1) is 9.16. The molecule has 1 aliphatic rings. The summed E-state index contributed by atoms with van der Waals surface area (Å²) in [7, 11) is 0. The summed E-state index contributed by atoms with van der Waals surface area (Å²) in [6, 6.07) is 6.19. The van der Waals surface area contributed by atoms with E-state index in [1.54, 1.807) is 12.1 Å². The highest BCUT2D eigenvalue weighted by molar-refractivity contribution is 5.18. The Kier molecular flexibility index (Phi) is 5.34. The number of hydrogen-bond donors (Lipinski definition) is 2. The molecular formula is C16H24FNO. The van der Waals surface area contributed by atoms with Gasteiger partial charge in [0.1, 0.15) is 5.82 Å². The third-order valence-corrected chi connectivity index (χ3v) is 4.27. The fourth-order valence-corrected chi connectivity index (χ4v) is 2.93. The van der Waals surface area contributed by atoms with E-state index in [1.807, 2.05) is 0 Å². The van der Waals surface area contributed by atoms with Gasteiger partial charge in [-0.25, -0.2) is 4.39 Å². The second kappa shape index (κ2) is 7.01. The van der Waals surface area contributed by atoms with E-state index in [9.17, 15) is 9.50 Å². The van der Waals surface area contributed by atoms with Crippen molar-refractivity contribution in [2.24, 2.45) is 11.8 Å². The predicted molar refractivity (Wildman–Crippen MR) is 75.4 cm³/mol. The molecule has 1 aliphatic carbocycles. The Bertz CT molecular complexity index is 396. The molecule has 0 spiro atoms. The van der Waals surface area contributed by atoms with E-state index < -0.39 is 6.10 Å². The van der Waals surface area contributed by atoms with Crippen LogP contribution in [0.15, 0.2) is 24.3 Å². The van der Waals surface area contributed by atoms with Crippen molar-refractivity contribution in [3.05, 3.63) is 35.6 Å². The minimum Gasteiger partial charge on any atom is -0.387 e. The van der Waals surface area contributed by atoms with Gasteiger partial charge in [-0.3, -0.25) is 0 Å². The second-order valence-corrected chi connectivity index (χ2v) is 5.75. The average molecular weight is 265 g/mol. The molecule has 3 unspecified atom stereocenters. The summed E-state index contributed by atoms with van der Waals surface area (Å²) in [4.78, 5) is 0. The lowest BCUT2D eigenvalue weighted by molar-refractivity contribution is 0.165. The SMILES string of the molecule is CC1CCCCC1CNCC(O)c1cccc(F)c1. The summed E-state index contributed by atoms with van der Waals surface area (Å²) in [6.07, 6.45) is 4.64. The van der Waals surface area contributed by atoms with Gasteiger partial charge in [0.25, 0.3) is 0 Å². The highest BCUT2D eigenvalue weighted by atomic mass is 19.1. The highest BCUT2D eigenvalue weighted by Gasteiger charge is 2.21. The van der Waals surface area contributed by atoms with E-state index in [2.05, 4.69) is 12.2 Å². The van der Waals surface area contributed by atoms with Gasteiger partial charge in [-0.1, -0.05) is 38.3 Å². The van der Waals surface area contributed by atoms with Gasteiger partial charge in [0.05, 0.1) is 6.10 Å². The second-order valence-electron chi connectivity index (χ2n) is 5.75. The molecule has 0 aliphatic heterocycles. The number of nitrogens with one attached hydrogen (secondary N) is 1. The van der Waals surface area contributed by atoms with Crippen molar-refractivity contribution in [1.82, 2.24) is 5.32 Å². The zero-order valence-electron chi connectivity index (χ0n) is 11.6. The van der Waals surface area contributed by atoms with E-state index in [0.29, 0.717) is 18.0 Å². The maximum atomic E-state index is 13.1. The van der Waals surface area contributed by atoms with Crippen LogP contribution in [0.4, 0.5) is 4.39 Å². The average Bonchev–Trinajstić information content (AvgIpc) is 2.41. The summed E-state index contributed by atoms with van der Waals surface area (Å²) >= 11 is 0. The quantitative estimate of drug-likeness (QED) is 0.856. The van der Waals surface area contributed by atoms with Gasteiger partial charge in [-0.05, 0) is 42.5 Å². The Balaban J connectivity index is 1.76. The molecule has 0 aromatic heterocycles. The van der Waals surface area contributed by atoms with Crippen molar-refractivity contribution in [2.75, 3.05) is 13.1 Å². The predicted octanol–water partition coefficient (Wildman–Crippen LogP) is 3.28. The zero-order chi connectivity index (χ0) is 13.7. The van der Waals surface area contributed by atoms with Crippen molar-refractivity contribution in [3.8, 4) is 0 Å². The molecule has 0 bridgehead atoms. The summed E-state index contributed by atoms with van der Waals surface area (Å²) in [6.45, 7) is 3.76. The molecule has 0 saturated heterocycles. The number of aliphatic hydroxyl groups excluding tert-OH is 1. The Labute approximate surface area is 115 Å². The van der Waals surface area contributed by atoms with Crippen LogP contribution in [0.2, 0.25) is 0 Å². The molecule has 2 N–H and O–H groups in total. The lowest BCUT2D eigenvalue weighted by Gasteiger charge is -2.29. The third kappa shape index (κ3) is 4.29. The summed E-state index contributed by atoms with van der Waals surface area (Å²) in [5.41, 5.74) is 0.643. The number of aliphatic hydroxyl groups is 1. The first-order valence-corrected chi connectivity index (χ1v) is 7.31. The molecule has 3 heteroatoms. The molecule has 0 heterocycles. The Hall–Kier alpha value is -0.930. The molecule has 1 aromatic carbocycles. The molecule has 2 nitrogen and oxygen atoms in total. The third-order valence-electron chi connectivity index (χ3n) is 4.27. The first kappa shape index (κ1) is 14.5. The maximum absolute atomic E-state index is 13.1. The van der Waals surface area contributed by atoms with Gasteiger partial charge in [0.15, 0.2) is 0 Å². The normalized spacial score (nSPS) is 25.2. The summed E-state index contributed by atoms with van der Waals surface area (Å²) in [5, 5.41) is 13.3. The molecule has 1 aromatic rings. The van der Waals surface area contributed by atoms with Crippen molar-refractivity contribution >= 4 is 0 Å². The smallest absolute Gasteiger partial charge is 0.123 e. The molecule has 2 rings (SSSR count). The van der Waals surface area contributed by atoms with Gasteiger partial charge < -0.3 is 10.4 Å². The van der Waals surface area contributed by atoms with Crippen molar-refractivity contribution < 1.29 is 9.50 Å². The van der Waals surface area contributed by atoms with Crippen LogP contribution >= 0.6 is 0 Å². The van der Waals surface area contributed by atoms with Crippen LogP contribution in [0.25, 0.3) is 0 Å². The van der Waals surface area contributed by atoms with Gasteiger partial charge >= 0.3 is 0 Å². The number of rotatable bonds is 5.